The van der Waals surface area contributed by atoms with Crippen molar-refractivity contribution in [2.45, 2.75) is 0 Å². The van der Waals surface area contributed by atoms with Gasteiger partial charge in [0.2, 0.25) is 0 Å². The molecule has 0 saturated heterocycles. The summed E-state index contributed by atoms with van der Waals surface area (Å²) in [6.45, 7) is 0. The van der Waals surface area contributed by atoms with Crippen LogP contribution >= 0.6 is 23.2 Å². The quantitative estimate of drug-likeness (QED) is 0.500. The third kappa shape index (κ3) is 5.29. The highest BCUT2D eigenvalue weighted by molar-refractivity contribution is 7.85. The SMILES string of the molecule is O=S(=O)([O-])CC(CCl)CCl. The Morgan fingerprint density at radius 3 is 1.80 bits per heavy atom. The van der Waals surface area contributed by atoms with Crippen molar-refractivity contribution in [1.82, 2.24) is 0 Å². The Hall–Kier alpha value is 0.490. The highest BCUT2D eigenvalue weighted by Crippen LogP contribution is 2.05. The Kier molecular flexibility index (Phi) is 4.60. The largest absolute Gasteiger partial charge is 0.748 e. The average molecular weight is 206 g/mol. The number of rotatable bonds is 4. The molecule has 0 rings (SSSR count). The van der Waals surface area contributed by atoms with Gasteiger partial charge in [-0.25, -0.2) is 8.42 Å². The summed E-state index contributed by atoms with van der Waals surface area (Å²) >= 11 is 10.6. The lowest BCUT2D eigenvalue weighted by atomic mass is 10.3. The van der Waals surface area contributed by atoms with Crippen LogP contribution in [0.15, 0.2) is 0 Å². The summed E-state index contributed by atoms with van der Waals surface area (Å²) < 4.78 is 30.3. The molecular formula is C4H7Cl2O3S-. The van der Waals surface area contributed by atoms with E-state index < -0.39 is 21.8 Å². The molecule has 0 aliphatic carbocycles. The van der Waals surface area contributed by atoms with Gasteiger partial charge in [-0.05, 0) is 5.92 Å². The zero-order chi connectivity index (χ0) is 8.20. The maximum absolute atomic E-state index is 10.1. The molecule has 62 valence electrons. The highest BCUT2D eigenvalue weighted by Gasteiger charge is 2.08. The van der Waals surface area contributed by atoms with E-state index in [1.54, 1.807) is 0 Å². The molecule has 6 heteroatoms. The van der Waals surface area contributed by atoms with Crippen molar-refractivity contribution in [2.75, 3.05) is 17.5 Å². The van der Waals surface area contributed by atoms with Crippen LogP contribution < -0.4 is 0 Å². The summed E-state index contributed by atoms with van der Waals surface area (Å²) in [4.78, 5) is 0. The van der Waals surface area contributed by atoms with E-state index in [-0.39, 0.29) is 11.8 Å². The number of alkyl halides is 2. The van der Waals surface area contributed by atoms with Gasteiger partial charge in [-0.2, -0.15) is 0 Å². The van der Waals surface area contributed by atoms with Gasteiger partial charge in [0.15, 0.2) is 0 Å². The molecule has 0 aromatic rings. The summed E-state index contributed by atoms with van der Waals surface area (Å²) in [6, 6.07) is 0. The topological polar surface area (TPSA) is 57.2 Å². The normalized spacial score (nSPS) is 12.4. The first-order valence-corrected chi connectivity index (χ1v) is 5.19. The minimum absolute atomic E-state index is 0.102. The van der Waals surface area contributed by atoms with Crippen LogP contribution in [0, 0.1) is 5.92 Å². The summed E-state index contributed by atoms with van der Waals surface area (Å²) in [7, 11) is -4.17. The summed E-state index contributed by atoms with van der Waals surface area (Å²) in [5.74, 6) is -0.693. The predicted molar refractivity (Wildman–Crippen MR) is 39.5 cm³/mol. The molecule has 0 aliphatic heterocycles. The van der Waals surface area contributed by atoms with Crippen LogP contribution in [0.2, 0.25) is 0 Å². The van der Waals surface area contributed by atoms with Crippen LogP contribution in [-0.4, -0.2) is 30.5 Å². The molecule has 0 bridgehead atoms. The number of halogens is 2. The van der Waals surface area contributed by atoms with Crippen molar-refractivity contribution in [2.24, 2.45) is 5.92 Å². The second kappa shape index (κ2) is 4.38. The van der Waals surface area contributed by atoms with Crippen LogP contribution in [-0.2, 0) is 10.1 Å². The van der Waals surface area contributed by atoms with Gasteiger partial charge >= 0.3 is 0 Å². The summed E-state index contributed by atoms with van der Waals surface area (Å²) in [5.41, 5.74) is 0. The third-order valence-corrected chi connectivity index (χ3v) is 2.63. The molecule has 0 aromatic carbocycles. The van der Waals surface area contributed by atoms with Gasteiger partial charge in [0.25, 0.3) is 0 Å². The first kappa shape index (κ1) is 10.5. The molecule has 0 N–H and O–H groups in total. The molecule has 0 aliphatic rings. The molecule has 10 heavy (non-hydrogen) atoms. The smallest absolute Gasteiger partial charge is 0.0949 e. The fourth-order valence-electron chi connectivity index (χ4n) is 0.419. The van der Waals surface area contributed by atoms with E-state index in [1.165, 1.54) is 0 Å². The van der Waals surface area contributed by atoms with Crippen molar-refractivity contribution in [3.8, 4) is 0 Å². The van der Waals surface area contributed by atoms with Crippen molar-refractivity contribution in [1.29, 1.82) is 0 Å². The summed E-state index contributed by atoms with van der Waals surface area (Å²) in [5, 5.41) is 0. The minimum atomic E-state index is -4.17. The van der Waals surface area contributed by atoms with E-state index in [4.69, 9.17) is 23.2 Å². The monoisotopic (exact) mass is 205 g/mol. The minimum Gasteiger partial charge on any atom is -0.748 e. The Morgan fingerprint density at radius 1 is 1.30 bits per heavy atom. The first-order chi connectivity index (χ1) is 4.49. The molecular weight excluding hydrogens is 199 g/mol. The average Bonchev–Trinajstić information content (AvgIpc) is 1.81. The molecule has 0 unspecified atom stereocenters. The van der Waals surface area contributed by atoms with E-state index >= 15 is 0 Å². The Labute approximate surface area is 70.1 Å². The van der Waals surface area contributed by atoms with Crippen molar-refractivity contribution in [3.63, 3.8) is 0 Å². The van der Waals surface area contributed by atoms with Crippen LogP contribution in [0.5, 0.6) is 0 Å². The van der Waals surface area contributed by atoms with Crippen LogP contribution in [0.4, 0.5) is 0 Å². The standard InChI is InChI=1S/C4H8Cl2O3S/c5-1-4(2-6)3-10(7,8)9/h4H,1-3H2,(H,7,8,9)/p-1. The van der Waals surface area contributed by atoms with Gasteiger partial charge in [-0.3, -0.25) is 0 Å². The molecule has 0 atom stereocenters. The number of hydrogen-bond acceptors (Lipinski definition) is 3. The third-order valence-electron chi connectivity index (χ3n) is 0.876. The Bertz CT molecular complexity index is 173. The van der Waals surface area contributed by atoms with Gasteiger partial charge in [-0.15, -0.1) is 23.2 Å². The van der Waals surface area contributed by atoms with Gasteiger partial charge < -0.3 is 4.55 Å². The first-order valence-electron chi connectivity index (χ1n) is 2.55. The molecule has 0 spiro atoms. The Balaban J connectivity index is 3.87. The van der Waals surface area contributed by atoms with Crippen LogP contribution in [0.1, 0.15) is 0 Å². The maximum atomic E-state index is 10.1. The predicted octanol–water partition coefficient (Wildman–Crippen LogP) is 0.625. The van der Waals surface area contributed by atoms with Crippen molar-refractivity contribution in [3.05, 3.63) is 0 Å². The maximum Gasteiger partial charge on any atom is 0.0949 e. The zero-order valence-corrected chi connectivity index (χ0v) is 7.42. The second-order valence-corrected chi connectivity index (χ2v) is 3.96. The van der Waals surface area contributed by atoms with Gasteiger partial charge in [0, 0.05) is 17.5 Å². The van der Waals surface area contributed by atoms with Crippen LogP contribution in [0.3, 0.4) is 0 Å². The van der Waals surface area contributed by atoms with Crippen LogP contribution in [0.25, 0.3) is 0 Å². The fraction of sp³-hybridized carbons (Fsp3) is 1.00. The molecule has 0 heterocycles. The second-order valence-electron chi connectivity index (χ2n) is 1.90. The summed E-state index contributed by atoms with van der Waals surface area (Å²) in [6.07, 6.45) is 0. The lowest BCUT2D eigenvalue weighted by molar-refractivity contribution is 0.455. The lowest BCUT2D eigenvalue weighted by Crippen LogP contribution is -2.18. The lowest BCUT2D eigenvalue weighted by Gasteiger charge is -2.12. The van der Waals surface area contributed by atoms with Gasteiger partial charge in [-0.1, -0.05) is 0 Å². The molecule has 0 saturated carbocycles. The van der Waals surface area contributed by atoms with E-state index in [0.717, 1.165) is 0 Å². The van der Waals surface area contributed by atoms with Crippen molar-refractivity contribution < 1.29 is 13.0 Å². The van der Waals surface area contributed by atoms with E-state index in [0.29, 0.717) is 0 Å². The fourth-order valence-corrected chi connectivity index (χ4v) is 2.04. The Morgan fingerprint density at radius 2 is 1.70 bits per heavy atom. The van der Waals surface area contributed by atoms with Crippen molar-refractivity contribution >= 4 is 33.3 Å². The molecule has 0 fully saturated rings. The molecule has 0 amide bonds. The van der Waals surface area contributed by atoms with Gasteiger partial charge in [0.1, 0.15) is 0 Å². The van der Waals surface area contributed by atoms with Gasteiger partial charge in [0.05, 0.1) is 10.1 Å². The van der Waals surface area contributed by atoms with E-state index in [9.17, 15) is 13.0 Å². The molecule has 0 radical (unpaired) electrons. The highest BCUT2D eigenvalue weighted by atomic mass is 35.5. The molecule has 3 nitrogen and oxygen atoms in total. The molecule has 0 aromatic heterocycles. The number of hydrogen-bond donors (Lipinski definition) is 0. The van der Waals surface area contributed by atoms with E-state index in [2.05, 4.69) is 0 Å². The zero-order valence-electron chi connectivity index (χ0n) is 5.09. The van der Waals surface area contributed by atoms with E-state index in [1.807, 2.05) is 0 Å².